The van der Waals surface area contributed by atoms with Gasteiger partial charge in [0, 0.05) is 5.69 Å². The molecule has 1 N–H and O–H groups in total. The first-order chi connectivity index (χ1) is 12.0. The van der Waals surface area contributed by atoms with E-state index < -0.39 is 6.04 Å². The fourth-order valence-corrected chi connectivity index (χ4v) is 2.77. The van der Waals surface area contributed by atoms with Crippen LogP contribution in [0.25, 0.3) is 10.9 Å². The largest absolute Gasteiger partial charge is 0.324 e. The molecule has 3 aromatic rings. The van der Waals surface area contributed by atoms with Crippen molar-refractivity contribution >= 4 is 45.7 Å². The van der Waals surface area contributed by atoms with Gasteiger partial charge in [-0.3, -0.25) is 9.59 Å². The molecule has 0 saturated heterocycles. The lowest BCUT2D eigenvalue weighted by Gasteiger charge is -2.16. The summed E-state index contributed by atoms with van der Waals surface area (Å²) in [6.07, 6.45) is 0.375. The Balaban J connectivity index is 1.94. The summed E-state index contributed by atoms with van der Waals surface area (Å²) in [6.45, 7) is 1.79. The minimum absolute atomic E-state index is 0.329. The maximum absolute atomic E-state index is 12.6. The van der Waals surface area contributed by atoms with Crippen molar-refractivity contribution in [3.05, 3.63) is 62.9 Å². The summed E-state index contributed by atoms with van der Waals surface area (Å²) in [6, 6.07) is 10.8. The molecule has 1 heterocycles. The topological polar surface area (TPSA) is 76.9 Å². The predicted molar refractivity (Wildman–Crippen MR) is 98.2 cm³/mol. The Morgan fingerprint density at radius 2 is 1.96 bits per heavy atom. The number of nitrogens with zero attached hydrogens (tertiary/aromatic N) is 3. The highest BCUT2D eigenvalue weighted by Crippen LogP contribution is 2.25. The highest BCUT2D eigenvalue weighted by molar-refractivity contribution is 6.42. The normalized spacial score (nSPS) is 12.1. The van der Waals surface area contributed by atoms with Crippen LogP contribution >= 0.6 is 23.2 Å². The molecule has 0 spiro atoms. The molecule has 1 amide bonds. The van der Waals surface area contributed by atoms with Crippen molar-refractivity contribution in [1.29, 1.82) is 0 Å². The van der Waals surface area contributed by atoms with Crippen molar-refractivity contribution in [3.8, 4) is 0 Å². The van der Waals surface area contributed by atoms with Crippen molar-refractivity contribution < 1.29 is 4.79 Å². The zero-order valence-electron chi connectivity index (χ0n) is 13.2. The van der Waals surface area contributed by atoms with E-state index in [0.29, 0.717) is 33.1 Å². The maximum Gasteiger partial charge on any atom is 0.278 e. The molecule has 0 radical (unpaired) electrons. The SMILES string of the molecule is CCC(C(=O)Nc1ccc(Cl)c(Cl)c1)n1nnc2ccccc2c1=O. The first kappa shape index (κ1) is 17.4. The minimum atomic E-state index is -0.793. The summed E-state index contributed by atoms with van der Waals surface area (Å²) in [5.74, 6) is -0.382. The molecule has 2 aromatic carbocycles. The molecule has 128 valence electrons. The Bertz CT molecular complexity index is 1000. The number of carbonyl (C=O) groups excluding carboxylic acids is 1. The van der Waals surface area contributed by atoms with Gasteiger partial charge in [0.15, 0.2) is 0 Å². The molecule has 0 aliphatic heterocycles. The van der Waals surface area contributed by atoms with Crippen LogP contribution < -0.4 is 10.9 Å². The number of halogens is 2. The van der Waals surface area contributed by atoms with E-state index in [-0.39, 0.29) is 11.5 Å². The Morgan fingerprint density at radius 3 is 2.68 bits per heavy atom. The molecule has 6 nitrogen and oxygen atoms in total. The van der Waals surface area contributed by atoms with Gasteiger partial charge in [-0.25, -0.2) is 0 Å². The van der Waals surface area contributed by atoms with Gasteiger partial charge in [0.1, 0.15) is 11.6 Å². The lowest BCUT2D eigenvalue weighted by atomic mass is 10.2. The third-order valence-corrected chi connectivity index (χ3v) is 4.50. The molecule has 0 aliphatic rings. The van der Waals surface area contributed by atoms with E-state index in [1.165, 1.54) is 0 Å². The van der Waals surface area contributed by atoms with Crippen molar-refractivity contribution in [2.24, 2.45) is 0 Å². The second kappa shape index (κ2) is 7.21. The van der Waals surface area contributed by atoms with Crippen LogP contribution in [-0.2, 0) is 4.79 Å². The van der Waals surface area contributed by atoms with E-state index in [4.69, 9.17) is 23.2 Å². The minimum Gasteiger partial charge on any atom is -0.324 e. The summed E-state index contributed by atoms with van der Waals surface area (Å²) < 4.78 is 1.11. The van der Waals surface area contributed by atoms with E-state index in [9.17, 15) is 9.59 Å². The average molecular weight is 377 g/mol. The third kappa shape index (κ3) is 3.50. The molecule has 1 atom stereocenters. The van der Waals surface area contributed by atoms with Gasteiger partial charge in [-0.05, 0) is 36.8 Å². The van der Waals surface area contributed by atoms with Gasteiger partial charge in [0.2, 0.25) is 5.91 Å². The van der Waals surface area contributed by atoms with Crippen molar-refractivity contribution in [3.63, 3.8) is 0 Å². The van der Waals surface area contributed by atoms with Crippen LogP contribution in [0.1, 0.15) is 19.4 Å². The quantitative estimate of drug-likeness (QED) is 0.752. The lowest BCUT2D eigenvalue weighted by molar-refractivity contribution is -0.119. The molecule has 1 aromatic heterocycles. The summed E-state index contributed by atoms with van der Waals surface area (Å²) in [7, 11) is 0. The predicted octanol–water partition coefficient (Wildman–Crippen LogP) is 3.69. The second-order valence-electron chi connectivity index (χ2n) is 5.40. The maximum atomic E-state index is 12.6. The zero-order valence-corrected chi connectivity index (χ0v) is 14.8. The van der Waals surface area contributed by atoms with E-state index in [0.717, 1.165) is 4.68 Å². The van der Waals surface area contributed by atoms with Crippen LogP contribution in [0.4, 0.5) is 5.69 Å². The van der Waals surface area contributed by atoms with Gasteiger partial charge in [-0.15, -0.1) is 5.10 Å². The summed E-state index contributed by atoms with van der Waals surface area (Å²) in [5, 5.41) is 11.8. The van der Waals surface area contributed by atoms with Gasteiger partial charge in [-0.2, -0.15) is 4.68 Å². The fourth-order valence-electron chi connectivity index (χ4n) is 2.47. The van der Waals surface area contributed by atoms with E-state index in [1.54, 1.807) is 49.4 Å². The summed E-state index contributed by atoms with van der Waals surface area (Å²) in [4.78, 5) is 25.2. The number of hydrogen-bond acceptors (Lipinski definition) is 4. The van der Waals surface area contributed by atoms with Crippen molar-refractivity contribution in [2.45, 2.75) is 19.4 Å². The Labute approximate surface area is 153 Å². The van der Waals surface area contributed by atoms with Crippen LogP contribution in [0.2, 0.25) is 10.0 Å². The van der Waals surface area contributed by atoms with Gasteiger partial charge >= 0.3 is 0 Å². The average Bonchev–Trinajstić information content (AvgIpc) is 2.61. The van der Waals surface area contributed by atoms with E-state index in [2.05, 4.69) is 15.6 Å². The Kier molecular flexibility index (Phi) is 5.01. The molecule has 8 heteroatoms. The molecule has 3 rings (SSSR count). The van der Waals surface area contributed by atoms with Gasteiger partial charge in [0.25, 0.3) is 5.56 Å². The first-order valence-corrected chi connectivity index (χ1v) is 8.37. The Morgan fingerprint density at radius 1 is 1.20 bits per heavy atom. The van der Waals surface area contributed by atoms with Gasteiger partial charge in [0.05, 0.1) is 15.4 Å². The molecular formula is C17H14Cl2N4O2. The van der Waals surface area contributed by atoms with E-state index in [1.807, 2.05) is 0 Å². The number of carbonyl (C=O) groups is 1. The van der Waals surface area contributed by atoms with Crippen LogP contribution in [0.5, 0.6) is 0 Å². The third-order valence-electron chi connectivity index (χ3n) is 3.76. The molecule has 25 heavy (non-hydrogen) atoms. The number of nitrogens with one attached hydrogen (secondary N) is 1. The molecule has 0 fully saturated rings. The van der Waals surface area contributed by atoms with Crippen LogP contribution in [-0.4, -0.2) is 20.9 Å². The molecular weight excluding hydrogens is 363 g/mol. The number of aromatic nitrogens is 3. The van der Waals surface area contributed by atoms with E-state index >= 15 is 0 Å². The fraction of sp³-hybridized carbons (Fsp3) is 0.176. The Hall–Kier alpha value is -2.44. The standard InChI is InChI=1S/C17H14Cl2N4O2/c1-2-15(16(24)20-10-7-8-12(18)13(19)9-10)23-17(25)11-5-3-4-6-14(11)21-22-23/h3-9,15H,2H2,1H3,(H,20,24). The summed E-state index contributed by atoms with van der Waals surface area (Å²) >= 11 is 11.8. The molecule has 0 bridgehead atoms. The van der Waals surface area contributed by atoms with Gasteiger partial charge in [-0.1, -0.05) is 47.5 Å². The number of anilines is 1. The molecule has 0 aliphatic carbocycles. The van der Waals surface area contributed by atoms with Gasteiger partial charge < -0.3 is 5.32 Å². The van der Waals surface area contributed by atoms with Crippen LogP contribution in [0.3, 0.4) is 0 Å². The second-order valence-corrected chi connectivity index (χ2v) is 6.21. The number of fused-ring (bicyclic) bond motifs is 1. The van der Waals surface area contributed by atoms with Crippen molar-refractivity contribution in [2.75, 3.05) is 5.32 Å². The number of hydrogen-bond donors (Lipinski definition) is 1. The smallest absolute Gasteiger partial charge is 0.278 e. The summed E-state index contributed by atoms with van der Waals surface area (Å²) in [5.41, 5.74) is 0.616. The highest BCUT2D eigenvalue weighted by Gasteiger charge is 2.22. The lowest BCUT2D eigenvalue weighted by Crippen LogP contribution is -2.35. The van der Waals surface area contributed by atoms with Crippen LogP contribution in [0.15, 0.2) is 47.3 Å². The zero-order chi connectivity index (χ0) is 18.0. The highest BCUT2D eigenvalue weighted by atomic mass is 35.5. The van der Waals surface area contributed by atoms with Crippen LogP contribution in [0, 0.1) is 0 Å². The monoisotopic (exact) mass is 376 g/mol. The number of rotatable bonds is 4. The first-order valence-electron chi connectivity index (χ1n) is 7.61. The van der Waals surface area contributed by atoms with Crippen molar-refractivity contribution in [1.82, 2.24) is 15.0 Å². The molecule has 0 saturated carbocycles. The number of benzene rings is 2. The number of amides is 1. The molecule has 1 unspecified atom stereocenters.